The van der Waals surface area contributed by atoms with Crippen molar-refractivity contribution in [3.05, 3.63) is 52.8 Å². The third-order valence-electron chi connectivity index (χ3n) is 5.41. The third kappa shape index (κ3) is 7.20. The highest BCUT2D eigenvalue weighted by Gasteiger charge is 2.22. The summed E-state index contributed by atoms with van der Waals surface area (Å²) in [4.78, 5) is 12.1. The third-order valence-corrected chi connectivity index (χ3v) is 5.41. The Balaban J connectivity index is 2.39. The number of aromatic nitrogens is 2. The molecule has 2 unspecified atom stereocenters. The van der Waals surface area contributed by atoms with Gasteiger partial charge in [-0.15, -0.1) is 0 Å². The number of rotatable bonds is 9. The lowest BCUT2D eigenvalue weighted by molar-refractivity contribution is -0.0694. The highest BCUT2D eigenvalue weighted by molar-refractivity contribution is 6.16. The molecule has 1 aromatic heterocycles. The number of nitrogens with zero attached hydrogens (tertiary/aromatic N) is 2. The number of allylic oxidation sites excluding steroid dienone is 1. The minimum Gasteiger partial charge on any atom is -0.452 e. The number of carbonyl (C=O) groups excluding carboxylic acids is 1. The maximum Gasteiger partial charge on any atom is 0.511 e. The molecule has 0 fully saturated rings. The van der Waals surface area contributed by atoms with Gasteiger partial charge in [-0.2, -0.15) is 5.10 Å². The normalized spacial score (nSPS) is 14.2. The molecule has 7 heteroatoms. The van der Waals surface area contributed by atoms with Gasteiger partial charge in [0.05, 0.1) is 12.3 Å². The highest BCUT2D eigenvalue weighted by atomic mass is 16.8. The average molecular weight is 456 g/mol. The molecule has 1 N–H and O–H groups in total. The standard InChI is InChI=1S/C26H37N3O4/c1-9-17(2)16-31-25(30)33-19(4)32-24(23-14-18(3)28-29(23)8)22(15-27)20-10-12-21(13-11-20)26(5,6)7/h10-15,17,19,27H,9,16H2,1-8H3/b24-22-,27-15?. The van der Waals surface area contributed by atoms with E-state index < -0.39 is 12.4 Å². The summed E-state index contributed by atoms with van der Waals surface area (Å²) in [6.45, 7) is 14.3. The van der Waals surface area contributed by atoms with Gasteiger partial charge in [-0.05, 0) is 35.4 Å². The summed E-state index contributed by atoms with van der Waals surface area (Å²) >= 11 is 0. The predicted molar refractivity (Wildman–Crippen MR) is 131 cm³/mol. The fourth-order valence-electron chi connectivity index (χ4n) is 3.20. The van der Waals surface area contributed by atoms with Crippen LogP contribution < -0.4 is 0 Å². The molecule has 180 valence electrons. The highest BCUT2D eigenvalue weighted by Crippen LogP contribution is 2.30. The minimum atomic E-state index is -0.927. The summed E-state index contributed by atoms with van der Waals surface area (Å²) in [6, 6.07) is 9.92. The summed E-state index contributed by atoms with van der Waals surface area (Å²) in [7, 11) is 1.81. The first kappa shape index (κ1) is 26.2. The first-order valence-corrected chi connectivity index (χ1v) is 11.3. The molecule has 0 bridgehead atoms. The van der Waals surface area contributed by atoms with Crippen LogP contribution in [0.2, 0.25) is 0 Å². The number of hydrogen-bond acceptors (Lipinski definition) is 6. The van der Waals surface area contributed by atoms with E-state index >= 15 is 0 Å². The summed E-state index contributed by atoms with van der Waals surface area (Å²) in [5, 5.41) is 12.5. The van der Waals surface area contributed by atoms with Gasteiger partial charge in [0.15, 0.2) is 5.76 Å². The quantitative estimate of drug-likeness (QED) is 0.213. The van der Waals surface area contributed by atoms with Gasteiger partial charge < -0.3 is 19.6 Å². The van der Waals surface area contributed by atoms with Gasteiger partial charge in [-0.25, -0.2) is 4.79 Å². The summed E-state index contributed by atoms with van der Waals surface area (Å²) in [6.07, 6.45) is 0.443. The Kier molecular flexibility index (Phi) is 8.85. The molecule has 33 heavy (non-hydrogen) atoms. The number of benzene rings is 1. The second kappa shape index (κ2) is 11.2. The van der Waals surface area contributed by atoms with Crippen LogP contribution in [0, 0.1) is 18.3 Å². The Morgan fingerprint density at radius 1 is 1.18 bits per heavy atom. The van der Waals surface area contributed by atoms with Crippen LogP contribution in [0.1, 0.15) is 70.5 Å². The Morgan fingerprint density at radius 3 is 2.30 bits per heavy atom. The van der Waals surface area contributed by atoms with Crippen molar-refractivity contribution in [2.75, 3.05) is 6.61 Å². The SMILES string of the molecule is CCC(C)COC(=O)OC(C)O/C(=C(/C=N)c1ccc(C(C)(C)C)cc1)c1cc(C)nn1C. The van der Waals surface area contributed by atoms with Gasteiger partial charge in [-0.3, -0.25) is 4.68 Å². The second-order valence-electron chi connectivity index (χ2n) is 9.39. The van der Waals surface area contributed by atoms with Crippen LogP contribution >= 0.6 is 0 Å². The van der Waals surface area contributed by atoms with Crippen molar-refractivity contribution in [2.45, 2.75) is 66.6 Å². The van der Waals surface area contributed by atoms with Gasteiger partial charge in [0, 0.05) is 25.8 Å². The summed E-state index contributed by atoms with van der Waals surface area (Å²) in [5.41, 5.74) is 4.07. The zero-order chi connectivity index (χ0) is 24.8. The second-order valence-corrected chi connectivity index (χ2v) is 9.39. The molecule has 0 saturated carbocycles. The molecular formula is C26H37N3O4. The van der Waals surface area contributed by atoms with Crippen LogP contribution in [0.25, 0.3) is 11.3 Å². The summed E-state index contributed by atoms with van der Waals surface area (Å²) < 4.78 is 18.3. The van der Waals surface area contributed by atoms with E-state index in [0.29, 0.717) is 17.0 Å². The van der Waals surface area contributed by atoms with Crippen LogP contribution in [0.15, 0.2) is 30.3 Å². The lowest BCUT2D eigenvalue weighted by atomic mass is 9.86. The Labute approximate surface area is 197 Å². The first-order chi connectivity index (χ1) is 15.5. The van der Waals surface area contributed by atoms with Crippen LogP contribution in [0.4, 0.5) is 4.79 Å². The van der Waals surface area contributed by atoms with Gasteiger partial charge in [0.25, 0.3) is 0 Å². The molecule has 7 nitrogen and oxygen atoms in total. The Hall–Kier alpha value is -3.09. The van der Waals surface area contributed by atoms with Crippen LogP contribution in [0.5, 0.6) is 0 Å². The maximum atomic E-state index is 12.1. The van der Waals surface area contributed by atoms with Crippen molar-refractivity contribution in [1.82, 2.24) is 9.78 Å². The molecule has 2 rings (SSSR count). The van der Waals surface area contributed by atoms with Gasteiger partial charge >= 0.3 is 6.16 Å². The Morgan fingerprint density at radius 2 is 1.82 bits per heavy atom. The number of nitrogens with one attached hydrogen (secondary N) is 1. The van der Waals surface area contributed by atoms with Crippen LogP contribution in [-0.4, -0.2) is 35.0 Å². The van der Waals surface area contributed by atoms with Crippen molar-refractivity contribution >= 4 is 23.7 Å². The minimum absolute atomic E-state index is 0.0174. The van der Waals surface area contributed by atoms with Gasteiger partial charge in [-0.1, -0.05) is 65.3 Å². The van der Waals surface area contributed by atoms with Crippen molar-refractivity contribution in [3.8, 4) is 0 Å². The van der Waals surface area contributed by atoms with Gasteiger partial charge in [0.2, 0.25) is 6.29 Å². The van der Waals surface area contributed by atoms with Crippen LogP contribution in [-0.2, 0) is 26.7 Å². The molecular weight excluding hydrogens is 418 g/mol. The largest absolute Gasteiger partial charge is 0.511 e. The van der Waals surface area contributed by atoms with Crippen molar-refractivity contribution in [3.63, 3.8) is 0 Å². The van der Waals surface area contributed by atoms with E-state index in [4.69, 9.17) is 19.6 Å². The van der Waals surface area contributed by atoms with E-state index in [1.165, 1.54) is 11.8 Å². The molecule has 0 amide bonds. The number of ether oxygens (including phenoxy) is 3. The average Bonchev–Trinajstić information content (AvgIpc) is 3.09. The lowest BCUT2D eigenvalue weighted by Gasteiger charge is -2.21. The van der Waals surface area contributed by atoms with Gasteiger partial charge in [0.1, 0.15) is 5.69 Å². The van der Waals surface area contributed by atoms with Crippen molar-refractivity contribution in [2.24, 2.45) is 13.0 Å². The van der Waals surface area contributed by atoms with Crippen molar-refractivity contribution < 1.29 is 19.0 Å². The maximum absolute atomic E-state index is 12.1. The topological polar surface area (TPSA) is 86.4 Å². The number of hydrogen-bond donors (Lipinski definition) is 1. The Bertz CT molecular complexity index is 984. The molecule has 0 aliphatic carbocycles. The summed E-state index contributed by atoms with van der Waals surface area (Å²) in [5.74, 6) is 0.654. The molecule has 0 radical (unpaired) electrons. The zero-order valence-electron chi connectivity index (χ0n) is 21.1. The molecule has 2 aromatic rings. The molecule has 1 aromatic carbocycles. The number of carbonyl (C=O) groups is 1. The molecule has 2 atom stereocenters. The van der Waals surface area contributed by atoms with E-state index in [1.807, 2.05) is 46.0 Å². The zero-order valence-corrected chi connectivity index (χ0v) is 21.1. The molecule has 0 spiro atoms. The molecule has 0 aliphatic heterocycles. The van der Waals surface area contributed by atoms with E-state index in [0.717, 1.165) is 17.7 Å². The van der Waals surface area contributed by atoms with E-state index in [2.05, 4.69) is 38.0 Å². The monoisotopic (exact) mass is 455 g/mol. The molecule has 0 saturated heterocycles. The fraction of sp³-hybridized carbons (Fsp3) is 0.500. The van der Waals surface area contributed by atoms with Crippen LogP contribution in [0.3, 0.4) is 0 Å². The molecule has 0 aliphatic rings. The smallest absolute Gasteiger partial charge is 0.452 e. The van der Waals surface area contributed by atoms with E-state index in [-0.39, 0.29) is 17.9 Å². The number of aryl methyl sites for hydroxylation is 2. The fourth-order valence-corrected chi connectivity index (χ4v) is 3.20. The van der Waals surface area contributed by atoms with Crippen molar-refractivity contribution in [1.29, 1.82) is 5.41 Å². The first-order valence-electron chi connectivity index (χ1n) is 11.3. The van der Waals surface area contributed by atoms with E-state index in [1.54, 1.807) is 11.6 Å². The molecule has 1 heterocycles. The predicted octanol–water partition coefficient (Wildman–Crippen LogP) is 6.11. The lowest BCUT2D eigenvalue weighted by Crippen LogP contribution is -2.21. The van der Waals surface area contributed by atoms with E-state index in [9.17, 15) is 4.79 Å².